The van der Waals surface area contributed by atoms with Gasteiger partial charge in [-0.3, -0.25) is 0 Å². The van der Waals surface area contributed by atoms with Crippen molar-refractivity contribution in [3.05, 3.63) is 29.6 Å². The molecular formula is C12H19FN2. The van der Waals surface area contributed by atoms with Gasteiger partial charge in [0.1, 0.15) is 5.82 Å². The average Bonchev–Trinajstić information content (AvgIpc) is 2.21. The molecule has 0 spiro atoms. The first-order valence-electron chi connectivity index (χ1n) is 5.42. The van der Waals surface area contributed by atoms with Crippen LogP contribution in [0.2, 0.25) is 0 Å². The quantitative estimate of drug-likeness (QED) is 0.784. The lowest BCUT2D eigenvalue weighted by Gasteiger charge is -2.15. The maximum Gasteiger partial charge on any atom is 0.146 e. The SMILES string of the molecule is CCCC(C)Nc1ccc(CN)cc1F. The fourth-order valence-electron chi connectivity index (χ4n) is 1.57. The number of nitrogens with one attached hydrogen (secondary N) is 1. The molecule has 2 nitrogen and oxygen atoms in total. The summed E-state index contributed by atoms with van der Waals surface area (Å²) in [6.45, 7) is 4.55. The zero-order valence-corrected chi connectivity index (χ0v) is 9.39. The van der Waals surface area contributed by atoms with E-state index < -0.39 is 0 Å². The molecule has 0 fully saturated rings. The standard InChI is InChI=1S/C12H19FN2/c1-3-4-9(2)15-12-6-5-10(8-14)7-11(12)13/h5-7,9,15H,3-4,8,14H2,1-2H3. The molecule has 1 atom stereocenters. The Balaban J connectivity index is 2.69. The van der Waals surface area contributed by atoms with Gasteiger partial charge < -0.3 is 11.1 Å². The minimum atomic E-state index is -0.221. The predicted molar refractivity (Wildman–Crippen MR) is 62.3 cm³/mol. The summed E-state index contributed by atoms with van der Waals surface area (Å²) in [7, 11) is 0. The third-order valence-electron chi connectivity index (χ3n) is 2.39. The Bertz CT molecular complexity index is 312. The fourth-order valence-corrected chi connectivity index (χ4v) is 1.57. The van der Waals surface area contributed by atoms with E-state index in [0.717, 1.165) is 18.4 Å². The summed E-state index contributed by atoms with van der Waals surface area (Å²) >= 11 is 0. The van der Waals surface area contributed by atoms with E-state index in [0.29, 0.717) is 18.3 Å². The highest BCUT2D eigenvalue weighted by atomic mass is 19.1. The van der Waals surface area contributed by atoms with Crippen LogP contribution < -0.4 is 11.1 Å². The van der Waals surface area contributed by atoms with Crippen LogP contribution in [-0.2, 0) is 6.54 Å². The lowest BCUT2D eigenvalue weighted by atomic mass is 10.1. The molecule has 0 heterocycles. The summed E-state index contributed by atoms with van der Waals surface area (Å²) in [5.74, 6) is -0.221. The molecule has 0 aliphatic heterocycles. The maximum atomic E-state index is 13.5. The van der Waals surface area contributed by atoms with E-state index in [-0.39, 0.29) is 5.82 Å². The summed E-state index contributed by atoms with van der Waals surface area (Å²) in [6.07, 6.45) is 2.13. The fraction of sp³-hybridized carbons (Fsp3) is 0.500. The smallest absolute Gasteiger partial charge is 0.146 e. The number of rotatable bonds is 5. The lowest BCUT2D eigenvalue weighted by Crippen LogP contribution is -2.15. The first kappa shape index (κ1) is 12.0. The molecule has 0 bridgehead atoms. The van der Waals surface area contributed by atoms with Gasteiger partial charge in [-0.15, -0.1) is 0 Å². The third kappa shape index (κ3) is 3.51. The average molecular weight is 210 g/mol. The summed E-state index contributed by atoms with van der Waals surface area (Å²) in [5.41, 5.74) is 6.81. The molecule has 0 aromatic heterocycles. The van der Waals surface area contributed by atoms with E-state index in [4.69, 9.17) is 5.73 Å². The molecule has 0 aliphatic rings. The molecule has 1 rings (SSSR count). The Morgan fingerprint density at radius 2 is 2.20 bits per heavy atom. The molecule has 0 saturated heterocycles. The van der Waals surface area contributed by atoms with Gasteiger partial charge in [0.15, 0.2) is 0 Å². The second-order valence-corrected chi connectivity index (χ2v) is 3.85. The van der Waals surface area contributed by atoms with E-state index >= 15 is 0 Å². The van der Waals surface area contributed by atoms with Gasteiger partial charge in [-0.1, -0.05) is 19.4 Å². The number of benzene rings is 1. The molecule has 1 aromatic rings. The van der Waals surface area contributed by atoms with Gasteiger partial charge in [0.05, 0.1) is 5.69 Å². The van der Waals surface area contributed by atoms with E-state index in [1.165, 1.54) is 6.07 Å². The van der Waals surface area contributed by atoms with Crippen LogP contribution in [0.4, 0.5) is 10.1 Å². The Kier molecular flexibility index (Phi) is 4.56. The van der Waals surface area contributed by atoms with Crippen LogP contribution in [0.5, 0.6) is 0 Å². The van der Waals surface area contributed by atoms with Gasteiger partial charge in [0.2, 0.25) is 0 Å². The molecule has 0 aliphatic carbocycles. The second kappa shape index (κ2) is 5.71. The molecule has 1 aromatic carbocycles. The second-order valence-electron chi connectivity index (χ2n) is 3.85. The highest BCUT2D eigenvalue weighted by molar-refractivity contribution is 5.47. The molecule has 0 saturated carbocycles. The van der Waals surface area contributed by atoms with Gasteiger partial charge in [-0.2, -0.15) is 0 Å². The molecule has 15 heavy (non-hydrogen) atoms. The highest BCUT2D eigenvalue weighted by Crippen LogP contribution is 2.17. The van der Waals surface area contributed by atoms with Crippen molar-refractivity contribution in [1.82, 2.24) is 0 Å². The van der Waals surface area contributed by atoms with Gasteiger partial charge in [0.25, 0.3) is 0 Å². The van der Waals surface area contributed by atoms with Crippen LogP contribution in [0, 0.1) is 5.82 Å². The number of anilines is 1. The van der Waals surface area contributed by atoms with E-state index in [9.17, 15) is 4.39 Å². The Hall–Kier alpha value is -1.09. The van der Waals surface area contributed by atoms with Crippen molar-refractivity contribution < 1.29 is 4.39 Å². The van der Waals surface area contributed by atoms with Crippen molar-refractivity contribution in [1.29, 1.82) is 0 Å². The Morgan fingerprint density at radius 3 is 2.73 bits per heavy atom. The maximum absolute atomic E-state index is 13.5. The number of hydrogen-bond acceptors (Lipinski definition) is 2. The molecule has 84 valence electrons. The van der Waals surface area contributed by atoms with Crippen molar-refractivity contribution in [3.63, 3.8) is 0 Å². The summed E-state index contributed by atoms with van der Waals surface area (Å²) in [6, 6.07) is 5.39. The molecule has 0 radical (unpaired) electrons. The summed E-state index contributed by atoms with van der Waals surface area (Å²) in [4.78, 5) is 0. The minimum absolute atomic E-state index is 0.221. The van der Waals surface area contributed by atoms with Crippen molar-refractivity contribution in [2.24, 2.45) is 5.73 Å². The highest BCUT2D eigenvalue weighted by Gasteiger charge is 2.05. The van der Waals surface area contributed by atoms with Crippen LogP contribution in [0.15, 0.2) is 18.2 Å². The first-order chi connectivity index (χ1) is 7.17. The zero-order chi connectivity index (χ0) is 11.3. The predicted octanol–water partition coefficient (Wildman–Crippen LogP) is 2.88. The van der Waals surface area contributed by atoms with Crippen LogP contribution in [0.3, 0.4) is 0 Å². The van der Waals surface area contributed by atoms with Gasteiger partial charge >= 0.3 is 0 Å². The Labute approximate surface area is 90.7 Å². The van der Waals surface area contributed by atoms with Gasteiger partial charge in [-0.25, -0.2) is 4.39 Å². The van der Waals surface area contributed by atoms with Crippen molar-refractivity contribution in [2.75, 3.05) is 5.32 Å². The van der Waals surface area contributed by atoms with Crippen LogP contribution in [-0.4, -0.2) is 6.04 Å². The van der Waals surface area contributed by atoms with Crippen molar-refractivity contribution in [2.45, 2.75) is 39.3 Å². The van der Waals surface area contributed by atoms with Crippen LogP contribution >= 0.6 is 0 Å². The van der Waals surface area contributed by atoms with Crippen molar-refractivity contribution >= 4 is 5.69 Å². The third-order valence-corrected chi connectivity index (χ3v) is 2.39. The first-order valence-corrected chi connectivity index (χ1v) is 5.42. The number of nitrogens with two attached hydrogens (primary N) is 1. The monoisotopic (exact) mass is 210 g/mol. The largest absolute Gasteiger partial charge is 0.380 e. The molecular weight excluding hydrogens is 191 g/mol. The molecule has 0 amide bonds. The van der Waals surface area contributed by atoms with E-state index in [1.807, 2.05) is 6.07 Å². The lowest BCUT2D eigenvalue weighted by molar-refractivity contribution is 0.618. The van der Waals surface area contributed by atoms with Crippen LogP contribution in [0.25, 0.3) is 0 Å². The van der Waals surface area contributed by atoms with Gasteiger partial charge in [0, 0.05) is 12.6 Å². The molecule has 3 N–H and O–H groups in total. The zero-order valence-electron chi connectivity index (χ0n) is 9.39. The molecule has 1 unspecified atom stereocenters. The number of hydrogen-bond donors (Lipinski definition) is 2. The summed E-state index contributed by atoms with van der Waals surface area (Å²) in [5, 5.41) is 3.15. The van der Waals surface area contributed by atoms with Gasteiger partial charge in [-0.05, 0) is 31.0 Å². The van der Waals surface area contributed by atoms with E-state index in [2.05, 4.69) is 19.2 Å². The Morgan fingerprint density at radius 1 is 1.47 bits per heavy atom. The van der Waals surface area contributed by atoms with E-state index in [1.54, 1.807) is 6.07 Å². The normalized spacial score (nSPS) is 12.5. The summed E-state index contributed by atoms with van der Waals surface area (Å²) < 4.78 is 13.5. The topological polar surface area (TPSA) is 38.0 Å². The minimum Gasteiger partial charge on any atom is -0.380 e. The molecule has 3 heteroatoms. The van der Waals surface area contributed by atoms with Crippen molar-refractivity contribution in [3.8, 4) is 0 Å². The number of halogens is 1. The van der Waals surface area contributed by atoms with Crippen LogP contribution in [0.1, 0.15) is 32.3 Å².